The van der Waals surface area contributed by atoms with E-state index < -0.39 is 0 Å². The molecule has 0 amide bonds. The first-order chi connectivity index (χ1) is 7.26. The van der Waals surface area contributed by atoms with Crippen LogP contribution in [-0.2, 0) is 0 Å². The molecule has 2 nitrogen and oxygen atoms in total. The third-order valence-corrected chi connectivity index (χ3v) is 2.11. The third kappa shape index (κ3) is 3.97. The topological polar surface area (TPSA) is 35.8 Å². The zero-order valence-corrected chi connectivity index (χ0v) is 9.25. The molecule has 1 N–H and O–H groups in total. The Morgan fingerprint density at radius 3 is 2.60 bits per heavy atom. The van der Waals surface area contributed by atoms with Crippen LogP contribution in [-0.4, -0.2) is 13.1 Å². The standard InChI is InChI=1S/C13H16N2/c1-3-15-10-11(2)8-12-4-6-13(9-14)7-5-12/h4-8,15H,3,10H2,1-2H3. The van der Waals surface area contributed by atoms with Crippen LogP contribution in [0.15, 0.2) is 29.8 Å². The van der Waals surface area contributed by atoms with Crippen LogP contribution >= 0.6 is 0 Å². The first kappa shape index (κ1) is 11.5. The largest absolute Gasteiger partial charge is 0.313 e. The summed E-state index contributed by atoms with van der Waals surface area (Å²) in [7, 11) is 0. The molecular weight excluding hydrogens is 184 g/mol. The number of nitrogens with zero attached hydrogens (tertiary/aromatic N) is 1. The van der Waals surface area contributed by atoms with Gasteiger partial charge in [-0.25, -0.2) is 0 Å². The van der Waals surface area contributed by atoms with Gasteiger partial charge in [0.25, 0.3) is 0 Å². The highest BCUT2D eigenvalue weighted by molar-refractivity contribution is 5.53. The number of hydrogen-bond acceptors (Lipinski definition) is 2. The van der Waals surface area contributed by atoms with Gasteiger partial charge in [-0.05, 0) is 31.2 Å². The summed E-state index contributed by atoms with van der Waals surface area (Å²) < 4.78 is 0. The predicted molar refractivity (Wildman–Crippen MR) is 63.4 cm³/mol. The molecule has 0 aliphatic carbocycles. The van der Waals surface area contributed by atoms with Crippen molar-refractivity contribution in [1.82, 2.24) is 5.32 Å². The Kier molecular flexibility index (Phi) is 4.59. The summed E-state index contributed by atoms with van der Waals surface area (Å²) in [6.07, 6.45) is 2.13. The van der Waals surface area contributed by atoms with Gasteiger partial charge < -0.3 is 5.32 Å². The Bertz CT molecular complexity index is 369. The summed E-state index contributed by atoms with van der Waals surface area (Å²) in [5.74, 6) is 0. The maximum absolute atomic E-state index is 8.65. The molecule has 1 aromatic rings. The van der Waals surface area contributed by atoms with E-state index in [2.05, 4.69) is 31.3 Å². The Labute approximate surface area is 91.2 Å². The molecule has 0 radical (unpaired) electrons. The van der Waals surface area contributed by atoms with Gasteiger partial charge in [0, 0.05) is 6.54 Å². The lowest BCUT2D eigenvalue weighted by Gasteiger charge is -2.02. The van der Waals surface area contributed by atoms with Gasteiger partial charge in [0.15, 0.2) is 0 Å². The Hall–Kier alpha value is -1.59. The predicted octanol–water partition coefficient (Wildman–Crippen LogP) is 2.57. The van der Waals surface area contributed by atoms with Gasteiger partial charge in [-0.2, -0.15) is 5.26 Å². The number of likely N-dealkylation sites (N-methyl/N-ethyl adjacent to an activating group) is 1. The normalized spacial score (nSPS) is 11.1. The average Bonchev–Trinajstić information content (AvgIpc) is 2.27. The van der Waals surface area contributed by atoms with Gasteiger partial charge in [-0.3, -0.25) is 0 Å². The van der Waals surface area contributed by atoms with Crippen LogP contribution in [0.3, 0.4) is 0 Å². The van der Waals surface area contributed by atoms with E-state index in [1.807, 2.05) is 24.3 Å². The maximum atomic E-state index is 8.65. The van der Waals surface area contributed by atoms with Crippen LogP contribution in [0, 0.1) is 11.3 Å². The van der Waals surface area contributed by atoms with Gasteiger partial charge in [-0.15, -0.1) is 0 Å². The highest BCUT2D eigenvalue weighted by Crippen LogP contribution is 2.07. The zero-order chi connectivity index (χ0) is 11.1. The summed E-state index contributed by atoms with van der Waals surface area (Å²) in [5, 5.41) is 11.9. The molecule has 0 unspecified atom stereocenters. The molecule has 0 heterocycles. The zero-order valence-electron chi connectivity index (χ0n) is 9.25. The van der Waals surface area contributed by atoms with Crippen LogP contribution in [0.25, 0.3) is 6.08 Å². The molecule has 0 saturated heterocycles. The van der Waals surface area contributed by atoms with E-state index in [1.165, 1.54) is 5.57 Å². The number of rotatable bonds is 4. The van der Waals surface area contributed by atoms with Gasteiger partial charge in [0.05, 0.1) is 11.6 Å². The van der Waals surface area contributed by atoms with Crippen molar-refractivity contribution >= 4 is 6.08 Å². The highest BCUT2D eigenvalue weighted by Gasteiger charge is 1.92. The first-order valence-electron chi connectivity index (χ1n) is 5.14. The Balaban J connectivity index is 2.67. The van der Waals surface area contributed by atoms with Gasteiger partial charge in [0.1, 0.15) is 0 Å². The van der Waals surface area contributed by atoms with Crippen molar-refractivity contribution in [2.24, 2.45) is 0 Å². The van der Waals surface area contributed by atoms with E-state index >= 15 is 0 Å². The van der Waals surface area contributed by atoms with Crippen molar-refractivity contribution in [3.05, 3.63) is 41.0 Å². The van der Waals surface area contributed by atoms with Gasteiger partial charge in [0.2, 0.25) is 0 Å². The van der Waals surface area contributed by atoms with Crippen LogP contribution in [0.1, 0.15) is 25.0 Å². The molecule has 0 bridgehead atoms. The molecule has 1 aromatic carbocycles. The summed E-state index contributed by atoms with van der Waals surface area (Å²) in [5.41, 5.74) is 3.14. The van der Waals surface area contributed by atoms with E-state index in [9.17, 15) is 0 Å². The summed E-state index contributed by atoms with van der Waals surface area (Å²) in [6.45, 7) is 6.09. The van der Waals surface area contributed by atoms with Crippen LogP contribution in [0.2, 0.25) is 0 Å². The first-order valence-corrected chi connectivity index (χ1v) is 5.14. The fourth-order valence-electron chi connectivity index (χ4n) is 1.31. The van der Waals surface area contributed by atoms with Crippen molar-refractivity contribution in [2.75, 3.05) is 13.1 Å². The molecular formula is C13H16N2. The molecule has 0 spiro atoms. The minimum Gasteiger partial charge on any atom is -0.313 e. The number of benzene rings is 1. The van der Waals surface area contributed by atoms with Crippen molar-refractivity contribution in [3.63, 3.8) is 0 Å². The summed E-state index contributed by atoms with van der Waals surface area (Å²) in [4.78, 5) is 0. The molecule has 0 atom stereocenters. The molecule has 78 valence electrons. The van der Waals surface area contributed by atoms with Crippen molar-refractivity contribution in [2.45, 2.75) is 13.8 Å². The molecule has 1 rings (SSSR count). The second kappa shape index (κ2) is 6.00. The molecule has 0 fully saturated rings. The van der Waals surface area contributed by atoms with Gasteiger partial charge in [-0.1, -0.05) is 30.7 Å². The Morgan fingerprint density at radius 1 is 1.40 bits per heavy atom. The lowest BCUT2D eigenvalue weighted by Crippen LogP contribution is -2.14. The molecule has 0 saturated carbocycles. The lowest BCUT2D eigenvalue weighted by atomic mass is 10.1. The number of nitriles is 1. The van der Waals surface area contributed by atoms with E-state index in [0.717, 1.165) is 18.7 Å². The summed E-state index contributed by atoms with van der Waals surface area (Å²) >= 11 is 0. The number of hydrogen-bond donors (Lipinski definition) is 1. The molecule has 0 aromatic heterocycles. The summed E-state index contributed by atoms with van der Waals surface area (Å²) in [6, 6.07) is 9.72. The lowest BCUT2D eigenvalue weighted by molar-refractivity contribution is 0.778. The monoisotopic (exact) mass is 200 g/mol. The molecule has 2 heteroatoms. The fraction of sp³-hybridized carbons (Fsp3) is 0.308. The van der Waals surface area contributed by atoms with Crippen LogP contribution in [0.5, 0.6) is 0 Å². The minimum absolute atomic E-state index is 0.705. The quantitative estimate of drug-likeness (QED) is 0.810. The molecule has 0 aliphatic rings. The highest BCUT2D eigenvalue weighted by atomic mass is 14.8. The second-order valence-electron chi connectivity index (χ2n) is 3.50. The maximum Gasteiger partial charge on any atom is 0.0991 e. The minimum atomic E-state index is 0.705. The molecule has 0 aliphatic heterocycles. The van der Waals surface area contributed by atoms with Crippen molar-refractivity contribution in [3.8, 4) is 6.07 Å². The van der Waals surface area contributed by atoms with Crippen molar-refractivity contribution < 1.29 is 0 Å². The average molecular weight is 200 g/mol. The Morgan fingerprint density at radius 2 is 2.07 bits per heavy atom. The smallest absolute Gasteiger partial charge is 0.0991 e. The second-order valence-corrected chi connectivity index (χ2v) is 3.50. The van der Waals surface area contributed by atoms with E-state index in [-0.39, 0.29) is 0 Å². The fourth-order valence-corrected chi connectivity index (χ4v) is 1.31. The van der Waals surface area contributed by atoms with E-state index in [4.69, 9.17) is 5.26 Å². The molecule has 15 heavy (non-hydrogen) atoms. The SMILES string of the molecule is CCNCC(C)=Cc1ccc(C#N)cc1. The van der Waals surface area contributed by atoms with Crippen LogP contribution in [0.4, 0.5) is 0 Å². The third-order valence-electron chi connectivity index (χ3n) is 2.11. The van der Waals surface area contributed by atoms with Crippen LogP contribution < -0.4 is 5.32 Å². The van der Waals surface area contributed by atoms with Crippen molar-refractivity contribution in [1.29, 1.82) is 5.26 Å². The van der Waals surface area contributed by atoms with E-state index in [0.29, 0.717) is 5.56 Å². The number of nitrogens with one attached hydrogen (secondary N) is 1. The van der Waals surface area contributed by atoms with E-state index in [1.54, 1.807) is 0 Å². The van der Waals surface area contributed by atoms with Gasteiger partial charge >= 0.3 is 0 Å².